The van der Waals surface area contributed by atoms with Crippen LogP contribution in [-0.2, 0) is 12.8 Å². The molecule has 0 radical (unpaired) electrons. The minimum Gasteiger partial charge on any atom is -0.378 e. The van der Waals surface area contributed by atoms with E-state index in [1.807, 2.05) is 0 Å². The van der Waals surface area contributed by atoms with Gasteiger partial charge in [0.1, 0.15) is 0 Å². The highest BCUT2D eigenvalue weighted by molar-refractivity contribution is 14.1. The molecule has 1 atom stereocenters. The van der Waals surface area contributed by atoms with Crippen molar-refractivity contribution in [3.05, 3.63) is 62.7 Å². The van der Waals surface area contributed by atoms with Crippen LogP contribution in [-0.4, -0.2) is 0 Å². The van der Waals surface area contributed by atoms with Gasteiger partial charge in [0.25, 0.3) is 0 Å². The molecule has 1 aliphatic rings. The van der Waals surface area contributed by atoms with Gasteiger partial charge in [-0.3, -0.25) is 0 Å². The lowest BCUT2D eigenvalue weighted by Crippen LogP contribution is -2.09. The SMILES string of the molecule is CC(Nc1cccc(I)c1)c1ccc2c(c1)CCCC2. The van der Waals surface area contributed by atoms with Gasteiger partial charge in [-0.15, -0.1) is 0 Å². The highest BCUT2D eigenvalue weighted by atomic mass is 127. The number of nitrogens with one attached hydrogen (secondary N) is 1. The number of anilines is 1. The van der Waals surface area contributed by atoms with E-state index in [0.717, 1.165) is 0 Å². The third-order valence-electron chi connectivity index (χ3n) is 4.08. The summed E-state index contributed by atoms with van der Waals surface area (Å²) in [6.45, 7) is 2.24. The van der Waals surface area contributed by atoms with Gasteiger partial charge in [-0.2, -0.15) is 0 Å². The van der Waals surface area contributed by atoms with Gasteiger partial charge in [-0.1, -0.05) is 24.3 Å². The van der Waals surface area contributed by atoms with E-state index in [1.54, 1.807) is 11.1 Å². The fourth-order valence-electron chi connectivity index (χ4n) is 2.93. The van der Waals surface area contributed by atoms with E-state index in [1.165, 1.54) is 40.5 Å². The lowest BCUT2D eigenvalue weighted by atomic mass is 9.89. The normalized spacial score (nSPS) is 15.5. The van der Waals surface area contributed by atoms with Crippen molar-refractivity contribution in [1.29, 1.82) is 0 Å². The lowest BCUT2D eigenvalue weighted by Gasteiger charge is -2.20. The van der Waals surface area contributed by atoms with E-state index in [-0.39, 0.29) is 0 Å². The highest BCUT2D eigenvalue weighted by Crippen LogP contribution is 2.26. The molecule has 0 saturated carbocycles. The van der Waals surface area contributed by atoms with Gasteiger partial charge < -0.3 is 5.32 Å². The summed E-state index contributed by atoms with van der Waals surface area (Å²) in [5.41, 5.74) is 5.71. The molecule has 0 aromatic heterocycles. The Kier molecular flexibility index (Phi) is 4.29. The molecule has 2 aromatic carbocycles. The maximum atomic E-state index is 3.60. The number of aryl methyl sites for hydroxylation is 2. The average molecular weight is 377 g/mol. The molecule has 3 rings (SSSR count). The topological polar surface area (TPSA) is 12.0 Å². The lowest BCUT2D eigenvalue weighted by molar-refractivity contribution is 0.683. The fraction of sp³-hybridized carbons (Fsp3) is 0.333. The Labute approximate surface area is 134 Å². The standard InChI is InChI=1S/C18H20IN/c1-13(20-18-8-4-7-17(19)12-18)15-10-9-14-5-2-3-6-16(14)11-15/h4,7-13,20H,2-3,5-6H2,1H3. The van der Waals surface area contributed by atoms with Crippen molar-refractivity contribution < 1.29 is 0 Å². The van der Waals surface area contributed by atoms with Gasteiger partial charge in [0.15, 0.2) is 0 Å². The molecule has 0 heterocycles. The van der Waals surface area contributed by atoms with Crippen LogP contribution in [0.4, 0.5) is 5.69 Å². The third kappa shape index (κ3) is 3.17. The van der Waals surface area contributed by atoms with Crippen LogP contribution in [0.1, 0.15) is 42.5 Å². The van der Waals surface area contributed by atoms with E-state index in [2.05, 4.69) is 77.3 Å². The van der Waals surface area contributed by atoms with Crippen LogP contribution in [0.2, 0.25) is 0 Å². The van der Waals surface area contributed by atoms with E-state index in [9.17, 15) is 0 Å². The number of hydrogen-bond donors (Lipinski definition) is 1. The average Bonchev–Trinajstić information content (AvgIpc) is 2.47. The highest BCUT2D eigenvalue weighted by Gasteiger charge is 2.12. The largest absolute Gasteiger partial charge is 0.378 e. The zero-order valence-corrected chi connectivity index (χ0v) is 14.0. The van der Waals surface area contributed by atoms with Crippen LogP contribution in [0.3, 0.4) is 0 Å². The summed E-state index contributed by atoms with van der Waals surface area (Å²) >= 11 is 2.36. The van der Waals surface area contributed by atoms with Crippen LogP contribution < -0.4 is 5.32 Å². The van der Waals surface area contributed by atoms with Crippen molar-refractivity contribution in [3.8, 4) is 0 Å². The van der Waals surface area contributed by atoms with Crippen molar-refractivity contribution in [2.45, 2.75) is 38.6 Å². The zero-order chi connectivity index (χ0) is 13.9. The molecule has 1 nitrogen and oxygen atoms in total. The maximum Gasteiger partial charge on any atom is 0.0485 e. The Hall–Kier alpha value is -1.03. The van der Waals surface area contributed by atoms with Gasteiger partial charge in [0.05, 0.1) is 0 Å². The number of benzene rings is 2. The van der Waals surface area contributed by atoms with Crippen molar-refractivity contribution in [2.75, 3.05) is 5.32 Å². The number of fused-ring (bicyclic) bond motifs is 1. The summed E-state index contributed by atoms with van der Waals surface area (Å²) in [5.74, 6) is 0. The quantitative estimate of drug-likeness (QED) is 0.712. The fourth-order valence-corrected chi connectivity index (χ4v) is 3.48. The molecule has 0 spiro atoms. The smallest absolute Gasteiger partial charge is 0.0485 e. The Bertz CT molecular complexity index is 606. The van der Waals surface area contributed by atoms with Crippen LogP contribution in [0.25, 0.3) is 0 Å². The van der Waals surface area contributed by atoms with Crippen LogP contribution >= 0.6 is 22.6 Å². The summed E-state index contributed by atoms with van der Waals surface area (Å²) in [6, 6.07) is 15.9. The molecular weight excluding hydrogens is 357 g/mol. The number of hydrogen-bond acceptors (Lipinski definition) is 1. The first-order chi connectivity index (χ1) is 9.72. The first kappa shape index (κ1) is 13.9. The van der Waals surface area contributed by atoms with Crippen LogP contribution in [0.15, 0.2) is 42.5 Å². The Morgan fingerprint density at radius 1 is 1.00 bits per heavy atom. The minimum absolute atomic E-state index is 0.348. The van der Waals surface area contributed by atoms with E-state index in [0.29, 0.717) is 6.04 Å². The molecule has 0 fully saturated rings. The molecule has 0 saturated heterocycles. The monoisotopic (exact) mass is 377 g/mol. The number of halogens is 1. The second-order valence-corrected chi connectivity index (χ2v) is 6.86. The Morgan fingerprint density at radius 2 is 1.80 bits per heavy atom. The first-order valence-electron chi connectivity index (χ1n) is 7.36. The van der Waals surface area contributed by atoms with Crippen molar-refractivity contribution >= 4 is 28.3 Å². The van der Waals surface area contributed by atoms with Gasteiger partial charge in [0, 0.05) is 15.3 Å². The van der Waals surface area contributed by atoms with Gasteiger partial charge in [-0.05, 0) is 90.1 Å². The van der Waals surface area contributed by atoms with E-state index in [4.69, 9.17) is 0 Å². The minimum atomic E-state index is 0.348. The molecule has 20 heavy (non-hydrogen) atoms. The predicted molar refractivity (Wildman–Crippen MR) is 94.3 cm³/mol. The first-order valence-corrected chi connectivity index (χ1v) is 8.44. The molecule has 104 valence electrons. The molecule has 1 aliphatic carbocycles. The Balaban J connectivity index is 1.78. The van der Waals surface area contributed by atoms with Crippen LogP contribution in [0.5, 0.6) is 0 Å². The zero-order valence-electron chi connectivity index (χ0n) is 11.8. The van der Waals surface area contributed by atoms with Crippen molar-refractivity contribution in [2.24, 2.45) is 0 Å². The molecule has 2 heteroatoms. The molecular formula is C18H20IN. The van der Waals surface area contributed by atoms with E-state index >= 15 is 0 Å². The van der Waals surface area contributed by atoms with E-state index < -0.39 is 0 Å². The maximum absolute atomic E-state index is 3.60. The summed E-state index contributed by atoms with van der Waals surface area (Å²) in [7, 11) is 0. The second kappa shape index (κ2) is 6.17. The summed E-state index contributed by atoms with van der Waals surface area (Å²) in [4.78, 5) is 0. The number of rotatable bonds is 3. The van der Waals surface area contributed by atoms with Crippen molar-refractivity contribution in [1.82, 2.24) is 0 Å². The molecule has 1 N–H and O–H groups in total. The Morgan fingerprint density at radius 3 is 2.60 bits per heavy atom. The van der Waals surface area contributed by atoms with Gasteiger partial charge in [0.2, 0.25) is 0 Å². The molecule has 0 amide bonds. The molecule has 0 aliphatic heterocycles. The summed E-state index contributed by atoms with van der Waals surface area (Å²) in [5, 5.41) is 3.60. The third-order valence-corrected chi connectivity index (χ3v) is 4.75. The summed E-state index contributed by atoms with van der Waals surface area (Å²) in [6.07, 6.45) is 5.20. The molecule has 1 unspecified atom stereocenters. The van der Waals surface area contributed by atoms with Crippen molar-refractivity contribution in [3.63, 3.8) is 0 Å². The van der Waals surface area contributed by atoms with Gasteiger partial charge in [-0.25, -0.2) is 0 Å². The molecule has 2 aromatic rings. The molecule has 0 bridgehead atoms. The second-order valence-electron chi connectivity index (χ2n) is 5.61. The van der Waals surface area contributed by atoms with Crippen LogP contribution in [0, 0.1) is 3.57 Å². The van der Waals surface area contributed by atoms with Gasteiger partial charge >= 0.3 is 0 Å². The summed E-state index contributed by atoms with van der Waals surface area (Å²) < 4.78 is 1.27. The predicted octanol–water partition coefficient (Wildman–Crippen LogP) is 5.34.